The van der Waals surface area contributed by atoms with Crippen LogP contribution in [-0.2, 0) is 0 Å². The molecule has 2 aromatic carbocycles. The molecule has 2 N–H and O–H groups in total. The van der Waals surface area contributed by atoms with Gasteiger partial charge >= 0.3 is 0 Å². The van der Waals surface area contributed by atoms with Gasteiger partial charge in [0.05, 0.1) is 18.0 Å². The fraction of sp³-hybridized carbons (Fsp3) is 0.143. The van der Waals surface area contributed by atoms with Crippen LogP contribution >= 0.6 is 0 Å². The Kier molecular flexibility index (Phi) is 4.37. The van der Waals surface area contributed by atoms with E-state index in [0.29, 0.717) is 6.54 Å². The average molecular weight is 344 g/mol. The van der Waals surface area contributed by atoms with E-state index in [9.17, 15) is 5.11 Å². The van der Waals surface area contributed by atoms with Crippen molar-refractivity contribution in [1.29, 1.82) is 0 Å². The number of rotatable bonds is 5. The van der Waals surface area contributed by atoms with Gasteiger partial charge < -0.3 is 10.4 Å². The van der Waals surface area contributed by atoms with E-state index in [-0.39, 0.29) is 6.61 Å². The van der Waals surface area contributed by atoms with E-state index >= 15 is 0 Å². The van der Waals surface area contributed by atoms with Gasteiger partial charge in [-0.15, -0.1) is 0 Å². The molecule has 4 aromatic rings. The number of hydrogen-bond acceptors (Lipinski definition) is 4. The molecule has 26 heavy (non-hydrogen) atoms. The molecular weight excluding hydrogens is 324 g/mol. The van der Waals surface area contributed by atoms with Crippen LogP contribution in [0.2, 0.25) is 0 Å². The van der Waals surface area contributed by atoms with Crippen molar-refractivity contribution in [2.75, 3.05) is 18.5 Å². The topological polar surface area (TPSA) is 62.5 Å². The summed E-state index contributed by atoms with van der Waals surface area (Å²) in [6.07, 6.45) is 0. The van der Waals surface area contributed by atoms with E-state index < -0.39 is 0 Å². The van der Waals surface area contributed by atoms with Gasteiger partial charge in [0.1, 0.15) is 5.82 Å². The molecule has 0 atom stereocenters. The standard InChI is InChI=1S/C21H20N4O/c1-15-7-9-17(10-8-15)19-14-21-23-18(16-5-3-2-4-6-16)13-20(22-11-12-26)25(21)24-19/h2-10,13-14,22,26H,11-12H2,1H3. The predicted molar refractivity (Wildman–Crippen MR) is 104 cm³/mol. The second-order valence-electron chi connectivity index (χ2n) is 6.21. The first-order valence-corrected chi connectivity index (χ1v) is 8.62. The minimum Gasteiger partial charge on any atom is -0.395 e. The summed E-state index contributed by atoms with van der Waals surface area (Å²) in [5, 5.41) is 17.1. The summed E-state index contributed by atoms with van der Waals surface area (Å²) in [6.45, 7) is 2.57. The summed E-state index contributed by atoms with van der Waals surface area (Å²) in [5.41, 5.74) is 5.81. The predicted octanol–water partition coefficient (Wildman–Crippen LogP) is 3.78. The number of hydrogen-bond donors (Lipinski definition) is 2. The van der Waals surface area contributed by atoms with Crippen molar-refractivity contribution in [3.63, 3.8) is 0 Å². The monoisotopic (exact) mass is 344 g/mol. The second kappa shape index (κ2) is 6.98. The van der Waals surface area contributed by atoms with Gasteiger partial charge in [-0.2, -0.15) is 9.61 Å². The lowest BCUT2D eigenvalue weighted by Crippen LogP contribution is -2.10. The van der Waals surface area contributed by atoms with Gasteiger partial charge in [-0.25, -0.2) is 4.98 Å². The zero-order chi connectivity index (χ0) is 17.9. The van der Waals surface area contributed by atoms with Gasteiger partial charge in [-0.1, -0.05) is 60.2 Å². The average Bonchev–Trinajstić information content (AvgIpc) is 3.11. The number of fused-ring (bicyclic) bond motifs is 1. The molecule has 0 bridgehead atoms. The lowest BCUT2D eigenvalue weighted by Gasteiger charge is -2.09. The molecule has 0 unspecified atom stereocenters. The summed E-state index contributed by atoms with van der Waals surface area (Å²) >= 11 is 0. The van der Waals surface area contributed by atoms with Crippen LogP contribution in [0.25, 0.3) is 28.2 Å². The molecule has 5 heteroatoms. The number of aliphatic hydroxyl groups excluding tert-OH is 1. The normalized spacial score (nSPS) is 11.0. The molecule has 0 amide bonds. The molecule has 0 spiro atoms. The van der Waals surface area contributed by atoms with Crippen molar-refractivity contribution in [2.45, 2.75) is 6.92 Å². The number of aliphatic hydroxyl groups is 1. The fourth-order valence-electron chi connectivity index (χ4n) is 2.91. The van der Waals surface area contributed by atoms with Crippen molar-refractivity contribution in [1.82, 2.24) is 14.6 Å². The Labute approximate surface area is 152 Å². The molecule has 0 fully saturated rings. The summed E-state index contributed by atoms with van der Waals surface area (Å²) in [5.74, 6) is 0.807. The first-order valence-electron chi connectivity index (χ1n) is 8.62. The van der Waals surface area contributed by atoms with Crippen molar-refractivity contribution >= 4 is 11.5 Å². The smallest absolute Gasteiger partial charge is 0.158 e. The van der Waals surface area contributed by atoms with E-state index in [4.69, 9.17) is 10.1 Å². The van der Waals surface area contributed by atoms with Crippen LogP contribution in [0, 0.1) is 6.92 Å². The Hall–Kier alpha value is -3.18. The van der Waals surface area contributed by atoms with Gasteiger partial charge in [0.2, 0.25) is 0 Å². The van der Waals surface area contributed by atoms with Gasteiger partial charge in [-0.05, 0) is 6.92 Å². The largest absolute Gasteiger partial charge is 0.395 e. The van der Waals surface area contributed by atoms with E-state index in [2.05, 4.69) is 36.5 Å². The highest BCUT2D eigenvalue weighted by atomic mass is 16.3. The number of nitrogens with one attached hydrogen (secondary N) is 1. The van der Waals surface area contributed by atoms with Crippen LogP contribution in [0.15, 0.2) is 66.7 Å². The highest BCUT2D eigenvalue weighted by Gasteiger charge is 2.12. The Morgan fingerprint density at radius 3 is 2.38 bits per heavy atom. The molecule has 130 valence electrons. The molecule has 2 aromatic heterocycles. The maximum atomic E-state index is 9.19. The molecule has 0 saturated heterocycles. The molecule has 0 aliphatic heterocycles. The summed E-state index contributed by atoms with van der Waals surface area (Å²) < 4.78 is 1.79. The summed E-state index contributed by atoms with van der Waals surface area (Å²) in [4.78, 5) is 4.78. The van der Waals surface area contributed by atoms with Crippen molar-refractivity contribution < 1.29 is 5.11 Å². The second-order valence-corrected chi connectivity index (χ2v) is 6.21. The molecule has 0 aliphatic rings. The Morgan fingerprint density at radius 2 is 1.65 bits per heavy atom. The molecule has 4 rings (SSSR count). The minimum absolute atomic E-state index is 0.0522. The Balaban J connectivity index is 1.85. The molecule has 0 aliphatic carbocycles. The van der Waals surface area contributed by atoms with Gasteiger partial charge in [-0.3, -0.25) is 0 Å². The highest BCUT2D eigenvalue weighted by Crippen LogP contribution is 2.26. The third kappa shape index (κ3) is 3.17. The van der Waals surface area contributed by atoms with E-state index in [1.165, 1.54) is 5.56 Å². The van der Waals surface area contributed by atoms with Gasteiger partial charge in [0, 0.05) is 29.8 Å². The number of anilines is 1. The molecule has 0 saturated carbocycles. The minimum atomic E-state index is 0.0522. The highest BCUT2D eigenvalue weighted by molar-refractivity contribution is 5.70. The van der Waals surface area contributed by atoms with Crippen LogP contribution < -0.4 is 5.32 Å². The Morgan fingerprint density at radius 1 is 0.923 bits per heavy atom. The third-order valence-corrected chi connectivity index (χ3v) is 4.26. The SMILES string of the molecule is Cc1ccc(-c2cc3nc(-c4ccccc4)cc(NCCO)n3n2)cc1. The number of benzene rings is 2. The quantitative estimate of drug-likeness (QED) is 0.578. The molecule has 5 nitrogen and oxygen atoms in total. The summed E-state index contributed by atoms with van der Waals surface area (Å²) in [6, 6.07) is 22.3. The molecule has 0 radical (unpaired) electrons. The van der Waals surface area contributed by atoms with Crippen LogP contribution in [0.4, 0.5) is 5.82 Å². The first kappa shape index (κ1) is 16.3. The van der Waals surface area contributed by atoms with Crippen LogP contribution in [-0.4, -0.2) is 32.9 Å². The zero-order valence-electron chi connectivity index (χ0n) is 14.6. The van der Waals surface area contributed by atoms with E-state index in [1.807, 2.05) is 42.5 Å². The van der Waals surface area contributed by atoms with Crippen LogP contribution in [0.3, 0.4) is 0 Å². The maximum absolute atomic E-state index is 9.19. The van der Waals surface area contributed by atoms with Crippen LogP contribution in [0.1, 0.15) is 5.56 Å². The molecular formula is C21H20N4O. The summed E-state index contributed by atoms with van der Waals surface area (Å²) in [7, 11) is 0. The van der Waals surface area contributed by atoms with Crippen molar-refractivity contribution in [2.24, 2.45) is 0 Å². The lowest BCUT2D eigenvalue weighted by molar-refractivity contribution is 0.311. The van der Waals surface area contributed by atoms with E-state index in [1.54, 1.807) is 4.52 Å². The fourth-order valence-corrected chi connectivity index (χ4v) is 2.91. The number of aryl methyl sites for hydroxylation is 1. The van der Waals surface area contributed by atoms with Gasteiger partial charge in [0.15, 0.2) is 5.65 Å². The first-order chi connectivity index (χ1) is 12.7. The van der Waals surface area contributed by atoms with Crippen molar-refractivity contribution in [3.05, 3.63) is 72.3 Å². The maximum Gasteiger partial charge on any atom is 0.158 e. The third-order valence-electron chi connectivity index (χ3n) is 4.26. The zero-order valence-corrected chi connectivity index (χ0v) is 14.6. The number of nitrogens with zero attached hydrogens (tertiary/aromatic N) is 3. The van der Waals surface area contributed by atoms with E-state index in [0.717, 1.165) is 34.0 Å². The van der Waals surface area contributed by atoms with Crippen molar-refractivity contribution in [3.8, 4) is 22.5 Å². The Bertz CT molecular complexity index is 1020. The number of aromatic nitrogens is 3. The molecule has 2 heterocycles. The van der Waals surface area contributed by atoms with Gasteiger partial charge in [0.25, 0.3) is 0 Å². The van der Waals surface area contributed by atoms with Crippen LogP contribution in [0.5, 0.6) is 0 Å². The lowest BCUT2D eigenvalue weighted by atomic mass is 10.1.